The summed E-state index contributed by atoms with van der Waals surface area (Å²) < 4.78 is 5.58. The minimum atomic E-state index is 0.332. The number of aromatic amines is 1. The molecule has 4 heteroatoms. The summed E-state index contributed by atoms with van der Waals surface area (Å²) in [5.74, 6) is 0. The number of benzene rings is 2. The number of nitrogens with zero attached hydrogens (tertiary/aromatic N) is 1. The number of rotatable bonds is 6. The Morgan fingerprint density at radius 3 is 2.52 bits per heavy atom. The van der Waals surface area contributed by atoms with Crippen LogP contribution >= 0.6 is 0 Å². The van der Waals surface area contributed by atoms with Crippen LogP contribution in [0.25, 0.3) is 10.9 Å². The lowest BCUT2D eigenvalue weighted by molar-refractivity contribution is 0.00855. The Hall–Kier alpha value is -2.14. The summed E-state index contributed by atoms with van der Waals surface area (Å²) in [6.45, 7) is 8.94. The van der Waals surface area contributed by atoms with Crippen LogP contribution in [0, 0.1) is 6.92 Å². The van der Waals surface area contributed by atoms with Crippen molar-refractivity contribution < 1.29 is 4.74 Å². The van der Waals surface area contributed by atoms with Crippen molar-refractivity contribution in [2.75, 3.05) is 26.3 Å². The van der Waals surface area contributed by atoms with Crippen molar-refractivity contribution in [2.24, 2.45) is 0 Å². The fourth-order valence-electron chi connectivity index (χ4n) is 4.26. The van der Waals surface area contributed by atoms with Gasteiger partial charge in [0.15, 0.2) is 0 Å². The molecule has 2 atom stereocenters. The van der Waals surface area contributed by atoms with E-state index in [0.29, 0.717) is 12.1 Å². The molecule has 0 aliphatic carbocycles. The van der Waals surface area contributed by atoms with Gasteiger partial charge in [-0.1, -0.05) is 48.5 Å². The average Bonchev–Trinajstić information content (AvgIpc) is 3.03. The van der Waals surface area contributed by atoms with Gasteiger partial charge < -0.3 is 15.0 Å². The first-order valence-electron chi connectivity index (χ1n) is 9.90. The van der Waals surface area contributed by atoms with Crippen LogP contribution < -0.4 is 5.32 Å². The number of para-hydroxylation sites is 1. The van der Waals surface area contributed by atoms with Crippen LogP contribution in [0.5, 0.6) is 0 Å². The number of nitrogens with one attached hydrogen (secondary N) is 2. The highest BCUT2D eigenvalue weighted by atomic mass is 16.5. The number of aromatic nitrogens is 1. The molecule has 0 bridgehead atoms. The van der Waals surface area contributed by atoms with Crippen molar-refractivity contribution >= 4 is 10.9 Å². The lowest BCUT2D eigenvalue weighted by Crippen LogP contribution is -2.46. The van der Waals surface area contributed by atoms with Gasteiger partial charge in [-0.15, -0.1) is 0 Å². The Bertz CT molecular complexity index is 868. The van der Waals surface area contributed by atoms with Gasteiger partial charge in [0.25, 0.3) is 0 Å². The van der Waals surface area contributed by atoms with Crippen LogP contribution in [0.2, 0.25) is 0 Å². The molecule has 2 aromatic carbocycles. The van der Waals surface area contributed by atoms with Crippen molar-refractivity contribution in [1.82, 2.24) is 15.2 Å². The molecule has 1 fully saturated rings. The highest BCUT2D eigenvalue weighted by molar-refractivity contribution is 5.84. The minimum absolute atomic E-state index is 0.332. The van der Waals surface area contributed by atoms with E-state index in [-0.39, 0.29) is 0 Å². The monoisotopic (exact) mass is 363 g/mol. The second-order valence-corrected chi connectivity index (χ2v) is 7.45. The predicted molar refractivity (Wildman–Crippen MR) is 111 cm³/mol. The van der Waals surface area contributed by atoms with Crippen LogP contribution in [-0.4, -0.2) is 42.2 Å². The molecule has 0 saturated carbocycles. The molecule has 2 heterocycles. The molecule has 4 nitrogen and oxygen atoms in total. The third-order valence-corrected chi connectivity index (χ3v) is 5.68. The maximum atomic E-state index is 5.58. The van der Waals surface area contributed by atoms with E-state index in [1.165, 1.54) is 27.7 Å². The summed E-state index contributed by atoms with van der Waals surface area (Å²) in [6.07, 6.45) is 0. The SMILES string of the molecule is Cc1[nH]c2ccccc2c1CN[C@H](C)[C@H](c1ccccc1)N1CCOCC1. The van der Waals surface area contributed by atoms with Gasteiger partial charge >= 0.3 is 0 Å². The summed E-state index contributed by atoms with van der Waals surface area (Å²) in [6, 6.07) is 20.1. The van der Waals surface area contributed by atoms with E-state index >= 15 is 0 Å². The van der Waals surface area contributed by atoms with Crippen molar-refractivity contribution in [2.45, 2.75) is 32.5 Å². The fourth-order valence-corrected chi connectivity index (χ4v) is 4.26. The largest absolute Gasteiger partial charge is 0.379 e. The van der Waals surface area contributed by atoms with E-state index in [4.69, 9.17) is 4.74 Å². The molecule has 27 heavy (non-hydrogen) atoms. The molecule has 1 aliphatic rings. The van der Waals surface area contributed by atoms with Crippen molar-refractivity contribution in [3.8, 4) is 0 Å². The smallest absolute Gasteiger partial charge is 0.0594 e. The summed E-state index contributed by atoms with van der Waals surface area (Å²) >= 11 is 0. The summed E-state index contributed by atoms with van der Waals surface area (Å²) in [4.78, 5) is 6.06. The Morgan fingerprint density at radius 2 is 1.74 bits per heavy atom. The summed E-state index contributed by atoms with van der Waals surface area (Å²) in [7, 11) is 0. The second-order valence-electron chi connectivity index (χ2n) is 7.45. The number of hydrogen-bond donors (Lipinski definition) is 2. The van der Waals surface area contributed by atoms with Gasteiger partial charge in [0, 0.05) is 42.3 Å². The maximum Gasteiger partial charge on any atom is 0.0594 e. The number of ether oxygens (including phenoxy) is 1. The summed E-state index contributed by atoms with van der Waals surface area (Å²) in [5, 5.41) is 5.13. The first kappa shape index (κ1) is 18.2. The number of H-pyrrole nitrogens is 1. The molecular formula is C23H29N3O. The molecule has 0 amide bonds. The molecule has 142 valence electrons. The Morgan fingerprint density at radius 1 is 1.04 bits per heavy atom. The molecule has 0 unspecified atom stereocenters. The third-order valence-electron chi connectivity index (χ3n) is 5.68. The zero-order valence-electron chi connectivity index (χ0n) is 16.2. The first-order valence-corrected chi connectivity index (χ1v) is 9.90. The lowest BCUT2D eigenvalue weighted by Gasteiger charge is -2.38. The van der Waals surface area contributed by atoms with Gasteiger partial charge in [0.05, 0.1) is 19.3 Å². The van der Waals surface area contributed by atoms with E-state index < -0.39 is 0 Å². The highest BCUT2D eigenvalue weighted by Gasteiger charge is 2.27. The molecule has 1 aliphatic heterocycles. The van der Waals surface area contributed by atoms with Gasteiger partial charge in [-0.25, -0.2) is 0 Å². The maximum absolute atomic E-state index is 5.58. The van der Waals surface area contributed by atoms with Gasteiger partial charge in [-0.2, -0.15) is 0 Å². The van der Waals surface area contributed by atoms with E-state index in [0.717, 1.165) is 32.8 Å². The van der Waals surface area contributed by atoms with E-state index in [2.05, 4.69) is 83.6 Å². The van der Waals surface area contributed by atoms with Crippen LogP contribution in [0.4, 0.5) is 0 Å². The molecule has 4 rings (SSSR count). The van der Waals surface area contributed by atoms with Gasteiger partial charge in [0.2, 0.25) is 0 Å². The van der Waals surface area contributed by atoms with E-state index in [1.807, 2.05) is 0 Å². The molecule has 0 radical (unpaired) electrons. The average molecular weight is 364 g/mol. The fraction of sp³-hybridized carbons (Fsp3) is 0.391. The number of fused-ring (bicyclic) bond motifs is 1. The molecule has 1 aromatic heterocycles. The predicted octanol–water partition coefficient (Wildman–Crippen LogP) is 4.03. The lowest BCUT2D eigenvalue weighted by atomic mass is 9.97. The van der Waals surface area contributed by atoms with Crippen LogP contribution in [-0.2, 0) is 11.3 Å². The van der Waals surface area contributed by atoms with E-state index in [9.17, 15) is 0 Å². The molecule has 3 aromatic rings. The van der Waals surface area contributed by atoms with Crippen molar-refractivity contribution in [3.05, 3.63) is 71.4 Å². The van der Waals surface area contributed by atoms with Crippen molar-refractivity contribution in [3.63, 3.8) is 0 Å². The molecular weight excluding hydrogens is 334 g/mol. The Balaban J connectivity index is 1.54. The minimum Gasteiger partial charge on any atom is -0.379 e. The van der Waals surface area contributed by atoms with Crippen LogP contribution in [0.1, 0.15) is 29.8 Å². The molecule has 1 saturated heterocycles. The van der Waals surface area contributed by atoms with Gasteiger partial charge in [-0.3, -0.25) is 4.90 Å². The number of hydrogen-bond acceptors (Lipinski definition) is 3. The molecule has 2 N–H and O–H groups in total. The molecule has 0 spiro atoms. The second kappa shape index (κ2) is 8.26. The number of aryl methyl sites for hydroxylation is 1. The van der Waals surface area contributed by atoms with E-state index in [1.54, 1.807) is 0 Å². The normalized spacial score (nSPS) is 17.9. The van der Waals surface area contributed by atoms with Crippen LogP contribution in [0.15, 0.2) is 54.6 Å². The topological polar surface area (TPSA) is 40.3 Å². The third kappa shape index (κ3) is 3.93. The quantitative estimate of drug-likeness (QED) is 0.695. The zero-order chi connectivity index (χ0) is 18.6. The standard InChI is InChI=1S/C23H29N3O/c1-17-21(20-10-6-7-11-22(20)25-17)16-24-18(2)23(19-8-4-3-5-9-19)26-12-14-27-15-13-26/h3-11,18,23-25H,12-16H2,1-2H3/t18-,23-/m1/s1. The van der Waals surface area contributed by atoms with Gasteiger partial charge in [0.1, 0.15) is 0 Å². The summed E-state index contributed by atoms with van der Waals surface area (Å²) in [5.41, 5.74) is 5.20. The van der Waals surface area contributed by atoms with Gasteiger partial charge in [-0.05, 0) is 31.0 Å². The Kier molecular flexibility index (Phi) is 5.58. The highest BCUT2D eigenvalue weighted by Crippen LogP contribution is 2.27. The Labute approximate surface area is 161 Å². The first-order chi connectivity index (χ1) is 13.2. The zero-order valence-corrected chi connectivity index (χ0v) is 16.2. The van der Waals surface area contributed by atoms with Crippen molar-refractivity contribution in [1.29, 1.82) is 0 Å². The van der Waals surface area contributed by atoms with Crippen LogP contribution in [0.3, 0.4) is 0 Å². The number of morpholine rings is 1.